The number of fused-ring (bicyclic) bond motifs is 21. The number of rotatable bonds is 10. The normalized spacial score (nSPS) is 11.9. The van der Waals surface area contributed by atoms with E-state index in [9.17, 15) is 0 Å². The van der Waals surface area contributed by atoms with E-state index in [-0.39, 0.29) is 0 Å². The summed E-state index contributed by atoms with van der Waals surface area (Å²) in [7, 11) is 0. The van der Waals surface area contributed by atoms with Crippen LogP contribution in [0.4, 0.5) is 0 Å². The fourth-order valence-electron chi connectivity index (χ4n) is 20.1. The van der Waals surface area contributed by atoms with Crippen molar-refractivity contribution >= 4 is 152 Å². The van der Waals surface area contributed by atoms with Gasteiger partial charge in [0.25, 0.3) is 0 Å². The Bertz CT molecular complexity index is 8630. The van der Waals surface area contributed by atoms with Crippen molar-refractivity contribution in [2.75, 3.05) is 0 Å². The van der Waals surface area contributed by atoms with Gasteiger partial charge < -0.3 is 27.4 Å². The highest BCUT2D eigenvalue weighted by atomic mass is 15.0. The van der Waals surface area contributed by atoms with Crippen molar-refractivity contribution < 1.29 is 0 Å². The largest absolute Gasteiger partial charge is 0.309 e. The first-order chi connectivity index (χ1) is 60.5. The molecule has 0 aliphatic rings. The Balaban J connectivity index is 0.000000134. The number of aromatic nitrogens is 6. The second-order valence-corrected chi connectivity index (χ2v) is 32.3. The molecule has 0 N–H and O–H groups in total. The van der Waals surface area contributed by atoms with E-state index in [1.807, 2.05) is 0 Å². The monoisotopic (exact) mass is 1550 g/mol. The summed E-state index contributed by atoms with van der Waals surface area (Å²) in [6.07, 6.45) is 0. The summed E-state index contributed by atoms with van der Waals surface area (Å²) in [4.78, 5) is 0. The predicted molar refractivity (Wildman–Crippen MR) is 516 cm³/mol. The lowest BCUT2D eigenvalue weighted by molar-refractivity contribution is 1.17. The van der Waals surface area contributed by atoms with Crippen LogP contribution in [-0.4, -0.2) is 27.4 Å². The highest BCUT2D eigenvalue weighted by Crippen LogP contribution is 2.48. The second kappa shape index (κ2) is 27.7. The molecule has 0 radical (unpaired) electrons. The maximum atomic E-state index is 2.47. The number of benzene rings is 20. The Kier molecular flexibility index (Phi) is 15.6. The molecule has 26 aromatic rings. The molecular weight excluding hydrogens is 1480 g/mol. The molecule has 0 saturated heterocycles. The topological polar surface area (TPSA) is 29.6 Å². The zero-order valence-corrected chi connectivity index (χ0v) is 66.4. The average Bonchev–Trinajstić information content (AvgIpc) is 1.54. The lowest BCUT2D eigenvalue weighted by atomic mass is 9.99. The van der Waals surface area contributed by atoms with E-state index < -0.39 is 0 Å². The van der Waals surface area contributed by atoms with Crippen molar-refractivity contribution in [1.82, 2.24) is 27.4 Å². The van der Waals surface area contributed by atoms with Crippen molar-refractivity contribution in [3.05, 3.63) is 449 Å². The zero-order chi connectivity index (χ0) is 80.0. The second-order valence-electron chi connectivity index (χ2n) is 32.3. The van der Waals surface area contributed by atoms with Gasteiger partial charge in [-0.1, -0.05) is 279 Å². The molecular formula is C116H74N6. The molecule has 6 aromatic heterocycles. The Labute approximate surface area is 702 Å². The minimum atomic E-state index is 1.14. The van der Waals surface area contributed by atoms with E-state index >= 15 is 0 Å². The lowest BCUT2D eigenvalue weighted by Gasteiger charge is -2.11. The van der Waals surface area contributed by atoms with Crippen LogP contribution in [0, 0.1) is 0 Å². The third kappa shape index (κ3) is 10.9. The summed E-state index contributed by atoms with van der Waals surface area (Å²) in [6, 6.07) is 165. The van der Waals surface area contributed by atoms with Crippen molar-refractivity contribution in [2.24, 2.45) is 0 Å². The molecule has 20 aromatic carbocycles. The van der Waals surface area contributed by atoms with Gasteiger partial charge in [-0.05, 0) is 236 Å². The van der Waals surface area contributed by atoms with Crippen molar-refractivity contribution in [1.29, 1.82) is 0 Å². The molecule has 6 nitrogen and oxygen atoms in total. The van der Waals surface area contributed by atoms with E-state index in [0.717, 1.165) is 22.7 Å². The van der Waals surface area contributed by atoms with E-state index in [2.05, 4.69) is 476 Å². The van der Waals surface area contributed by atoms with E-state index in [4.69, 9.17) is 0 Å². The minimum absolute atomic E-state index is 1.14. The number of nitrogens with zero attached hydrogens (tertiary/aromatic N) is 6. The quantitative estimate of drug-likeness (QED) is 0.131. The van der Waals surface area contributed by atoms with Gasteiger partial charge in [-0.25, -0.2) is 0 Å². The summed E-state index contributed by atoms with van der Waals surface area (Å²) < 4.78 is 14.6. The lowest BCUT2D eigenvalue weighted by Crippen LogP contribution is -1.95. The average molecular weight is 1550 g/mol. The molecule has 0 atom stereocenters. The molecule has 0 unspecified atom stereocenters. The molecule has 0 fully saturated rings. The molecule has 0 saturated carbocycles. The van der Waals surface area contributed by atoms with Crippen molar-refractivity contribution in [3.8, 4) is 78.6 Å². The first-order valence-corrected chi connectivity index (χ1v) is 42.0. The Hall–Kier alpha value is -16.3. The summed E-state index contributed by atoms with van der Waals surface area (Å²) in [5, 5.41) is 19.9. The summed E-state index contributed by atoms with van der Waals surface area (Å²) in [5.74, 6) is 0. The van der Waals surface area contributed by atoms with Gasteiger partial charge in [0.2, 0.25) is 0 Å². The number of hydrogen-bond acceptors (Lipinski definition) is 0. The molecule has 0 bridgehead atoms. The molecule has 0 amide bonds. The van der Waals surface area contributed by atoms with Gasteiger partial charge in [0.1, 0.15) is 0 Å². The van der Waals surface area contributed by atoms with Crippen LogP contribution >= 0.6 is 0 Å². The van der Waals surface area contributed by atoms with Gasteiger partial charge in [-0.2, -0.15) is 0 Å². The van der Waals surface area contributed by atoms with Gasteiger partial charge in [0.15, 0.2) is 0 Å². The summed E-state index contributed by atoms with van der Waals surface area (Å²) >= 11 is 0. The standard InChI is InChI=1S/2C58H37N3/c1-3-14-38(15-4-1)41-18-13-21-45(32-41)61-56-31-28-43(35-50(56)52-37-57-51(36-58(52)61)48-23-10-11-24-53(48)59(57)44-19-5-2-6-20-44)42-27-30-55-49(34-42)47-22-9-12-25-54(47)60(55)46-29-26-39-16-7-8-17-40(39)33-46;1-3-14-38(15-4-1)41-18-13-21-45(34-41)61-54-31-28-43(37-50(54)58-56(61)33-32-55-57(58)48-23-10-12-25-52(48)59(55)44-19-5-2-6-20-44)42-27-30-53-49(36-42)47-22-9-11-24-51(47)60(53)46-29-26-39-16-7-8-17-40(39)35-46/h2*1-37H. The maximum absolute atomic E-state index is 2.47. The first-order valence-electron chi connectivity index (χ1n) is 42.0. The molecule has 0 aliphatic heterocycles. The number of para-hydroxylation sites is 6. The molecule has 0 aliphatic carbocycles. The van der Waals surface area contributed by atoms with Crippen molar-refractivity contribution in [3.63, 3.8) is 0 Å². The Morgan fingerprint density at radius 2 is 0.361 bits per heavy atom. The van der Waals surface area contributed by atoms with E-state index in [1.54, 1.807) is 0 Å². The highest BCUT2D eigenvalue weighted by molar-refractivity contribution is 6.30. The predicted octanol–water partition coefficient (Wildman–Crippen LogP) is 30.9. The fraction of sp³-hybridized carbons (Fsp3) is 0. The van der Waals surface area contributed by atoms with Gasteiger partial charge in [0.05, 0.1) is 66.2 Å². The van der Waals surface area contributed by atoms with Crippen LogP contribution in [-0.2, 0) is 0 Å². The third-order valence-electron chi connectivity index (χ3n) is 25.6. The van der Waals surface area contributed by atoms with Crippen LogP contribution in [0.5, 0.6) is 0 Å². The first kappa shape index (κ1) is 68.9. The van der Waals surface area contributed by atoms with Crippen LogP contribution in [0.2, 0.25) is 0 Å². The van der Waals surface area contributed by atoms with E-state index in [0.29, 0.717) is 0 Å². The molecule has 6 heterocycles. The van der Waals surface area contributed by atoms with E-state index in [1.165, 1.54) is 208 Å². The van der Waals surface area contributed by atoms with Gasteiger partial charge in [-0.3, -0.25) is 0 Å². The van der Waals surface area contributed by atoms with Gasteiger partial charge in [0, 0.05) is 98.8 Å². The van der Waals surface area contributed by atoms with Crippen LogP contribution in [0.3, 0.4) is 0 Å². The van der Waals surface area contributed by atoms with Gasteiger partial charge in [-0.15, -0.1) is 0 Å². The van der Waals surface area contributed by atoms with Crippen LogP contribution in [0.15, 0.2) is 449 Å². The Morgan fingerprint density at radius 1 is 0.107 bits per heavy atom. The zero-order valence-electron chi connectivity index (χ0n) is 66.4. The molecule has 568 valence electrons. The minimum Gasteiger partial charge on any atom is -0.309 e. The molecule has 6 heteroatoms. The van der Waals surface area contributed by atoms with Gasteiger partial charge >= 0.3 is 0 Å². The molecule has 26 rings (SSSR count). The fourth-order valence-corrected chi connectivity index (χ4v) is 20.1. The smallest absolute Gasteiger partial charge is 0.0548 e. The van der Waals surface area contributed by atoms with Crippen LogP contribution in [0.25, 0.3) is 231 Å². The number of hydrogen-bond donors (Lipinski definition) is 0. The summed E-state index contributed by atoms with van der Waals surface area (Å²) in [5.41, 5.74) is 30.9. The highest BCUT2D eigenvalue weighted by Gasteiger charge is 2.25. The third-order valence-corrected chi connectivity index (χ3v) is 25.6. The SMILES string of the molecule is c1ccc(-c2cccc(-n3c4ccc(-c5ccc6c(c5)c5ccccc5n6-c5ccc6ccccc6c5)cc4c4c5c6ccccc6n(-c6ccccc6)c5ccc43)c2)cc1.c1ccc(-c2cccc(-n3c4ccc(-c5ccc6c(c5)c5ccccc5n6-c5ccc6ccccc6c5)cc4c4cc5c(cc43)c3ccccc3n5-c3ccccc3)c2)cc1. The van der Waals surface area contributed by atoms with Crippen molar-refractivity contribution in [2.45, 2.75) is 0 Å². The maximum Gasteiger partial charge on any atom is 0.0548 e. The molecule has 122 heavy (non-hydrogen) atoms. The van der Waals surface area contributed by atoms with Crippen LogP contribution in [0.1, 0.15) is 0 Å². The van der Waals surface area contributed by atoms with Crippen LogP contribution < -0.4 is 0 Å². The Morgan fingerprint density at radius 3 is 0.803 bits per heavy atom. The molecule has 0 spiro atoms. The summed E-state index contributed by atoms with van der Waals surface area (Å²) in [6.45, 7) is 0.